The second-order valence-electron chi connectivity index (χ2n) is 13.9. The number of terminal acetylenes is 1. The van der Waals surface area contributed by atoms with Gasteiger partial charge in [-0.2, -0.15) is 9.97 Å². The van der Waals surface area contributed by atoms with Crippen molar-refractivity contribution in [3.05, 3.63) is 59.6 Å². The zero-order valence-corrected chi connectivity index (χ0v) is 26.4. The highest BCUT2D eigenvalue weighted by molar-refractivity contribution is 6.02. The van der Waals surface area contributed by atoms with Crippen LogP contribution in [0.2, 0.25) is 0 Å². The van der Waals surface area contributed by atoms with Gasteiger partial charge in [0.2, 0.25) is 0 Å². The summed E-state index contributed by atoms with van der Waals surface area (Å²) in [5.41, 5.74) is 2.61. The zero-order valence-electron chi connectivity index (χ0n) is 26.4. The molecule has 2 bridgehead atoms. The first-order valence-electron chi connectivity index (χ1n) is 16.5. The van der Waals surface area contributed by atoms with Crippen molar-refractivity contribution in [3.8, 4) is 35.4 Å². The molecule has 1 unspecified atom stereocenters. The van der Waals surface area contributed by atoms with Gasteiger partial charge in [0.15, 0.2) is 5.82 Å². The lowest BCUT2D eigenvalue weighted by Gasteiger charge is -2.34. The molecule has 8 rings (SSSR count). The molecule has 0 amide bonds. The Bertz CT molecular complexity index is 1920. The summed E-state index contributed by atoms with van der Waals surface area (Å²) in [6.45, 7) is 8.45. The van der Waals surface area contributed by atoms with Gasteiger partial charge in [0, 0.05) is 54.4 Å². The molecule has 6 heterocycles. The van der Waals surface area contributed by atoms with Crippen molar-refractivity contribution in [1.29, 1.82) is 0 Å². The van der Waals surface area contributed by atoms with Crippen molar-refractivity contribution >= 4 is 27.5 Å². The SMILES string of the molecule is C#Cc1cccc2cc(O)cc(-c3ncc4c(N5C[C@H]6CC[C@@H](C5)N6)nc(OCC56CCCN5CC(=CC(C)C)C6)nc4c3F)c12. The number of anilines is 1. The van der Waals surface area contributed by atoms with Crippen LogP contribution in [0.4, 0.5) is 10.2 Å². The van der Waals surface area contributed by atoms with Gasteiger partial charge < -0.3 is 20.1 Å². The predicted molar refractivity (Wildman–Crippen MR) is 179 cm³/mol. The topological polar surface area (TPSA) is 86.6 Å². The lowest BCUT2D eigenvalue weighted by molar-refractivity contribution is 0.108. The summed E-state index contributed by atoms with van der Waals surface area (Å²) >= 11 is 0. The van der Waals surface area contributed by atoms with Crippen LogP contribution in [0.5, 0.6) is 11.8 Å². The number of halogens is 1. The summed E-state index contributed by atoms with van der Waals surface area (Å²) in [6, 6.07) is 9.53. The number of aromatic nitrogens is 3. The first-order chi connectivity index (χ1) is 22.3. The molecule has 0 saturated carbocycles. The molecule has 9 heteroatoms. The second kappa shape index (κ2) is 11.2. The second-order valence-corrected chi connectivity index (χ2v) is 13.9. The Balaban J connectivity index is 1.24. The van der Waals surface area contributed by atoms with Gasteiger partial charge >= 0.3 is 6.01 Å². The number of allylic oxidation sites excluding steroid dienone is 1. The molecule has 4 fully saturated rings. The summed E-state index contributed by atoms with van der Waals surface area (Å²) in [5, 5.41) is 16.2. The summed E-state index contributed by atoms with van der Waals surface area (Å²) in [4.78, 5) is 19.1. The molecule has 2 aromatic heterocycles. The van der Waals surface area contributed by atoms with Gasteiger partial charge in [0.25, 0.3) is 0 Å². The highest BCUT2D eigenvalue weighted by Gasteiger charge is 2.47. The van der Waals surface area contributed by atoms with E-state index in [-0.39, 0.29) is 28.5 Å². The first-order valence-corrected chi connectivity index (χ1v) is 16.5. The van der Waals surface area contributed by atoms with E-state index < -0.39 is 5.82 Å². The van der Waals surface area contributed by atoms with E-state index in [4.69, 9.17) is 21.1 Å². The summed E-state index contributed by atoms with van der Waals surface area (Å²) < 4.78 is 23.4. The molecule has 2 N–H and O–H groups in total. The van der Waals surface area contributed by atoms with Crippen LogP contribution in [-0.4, -0.2) is 75.4 Å². The molecular formula is C37H39FN6O2. The van der Waals surface area contributed by atoms with Gasteiger partial charge in [-0.25, -0.2) is 4.39 Å². The Kier molecular flexibility index (Phi) is 7.11. The maximum Gasteiger partial charge on any atom is 0.319 e. The van der Waals surface area contributed by atoms with Crippen LogP contribution >= 0.6 is 0 Å². The lowest BCUT2D eigenvalue weighted by atomic mass is 9.92. The summed E-state index contributed by atoms with van der Waals surface area (Å²) in [5.74, 6) is 3.27. The zero-order chi connectivity index (χ0) is 31.6. The molecule has 0 aliphatic carbocycles. The van der Waals surface area contributed by atoms with Gasteiger partial charge in [0.1, 0.15) is 29.4 Å². The Hall–Kier alpha value is -4.26. The van der Waals surface area contributed by atoms with E-state index in [1.807, 2.05) is 18.2 Å². The quantitative estimate of drug-likeness (QED) is 0.207. The minimum absolute atomic E-state index is 0.00415. The number of rotatable bonds is 6. The summed E-state index contributed by atoms with van der Waals surface area (Å²) in [6.07, 6.45) is 15.3. The highest BCUT2D eigenvalue weighted by atomic mass is 19.1. The number of hydrogen-bond acceptors (Lipinski definition) is 8. The summed E-state index contributed by atoms with van der Waals surface area (Å²) in [7, 11) is 0. The largest absolute Gasteiger partial charge is 0.508 e. The molecule has 4 aliphatic heterocycles. The van der Waals surface area contributed by atoms with Gasteiger partial charge in [-0.15, -0.1) is 6.42 Å². The fraction of sp³-hybridized carbons (Fsp3) is 0.432. The Labute approximate surface area is 268 Å². The number of aromatic hydroxyl groups is 1. The molecule has 0 radical (unpaired) electrons. The molecule has 46 heavy (non-hydrogen) atoms. The number of ether oxygens (including phenoxy) is 1. The van der Waals surface area contributed by atoms with E-state index in [9.17, 15) is 5.11 Å². The monoisotopic (exact) mass is 618 g/mol. The average Bonchev–Trinajstić information content (AvgIpc) is 3.69. The third kappa shape index (κ3) is 4.95. The van der Waals surface area contributed by atoms with Crippen molar-refractivity contribution in [2.24, 2.45) is 5.92 Å². The molecule has 0 spiro atoms. The van der Waals surface area contributed by atoms with Gasteiger partial charge in [-0.3, -0.25) is 9.88 Å². The van der Waals surface area contributed by atoms with Crippen LogP contribution in [0.1, 0.15) is 51.5 Å². The van der Waals surface area contributed by atoms with E-state index in [1.54, 1.807) is 12.3 Å². The molecule has 3 atom stereocenters. The lowest BCUT2D eigenvalue weighted by Crippen LogP contribution is -2.51. The van der Waals surface area contributed by atoms with Crippen LogP contribution in [0.3, 0.4) is 0 Å². The van der Waals surface area contributed by atoms with Crippen LogP contribution in [0.15, 0.2) is 48.2 Å². The Morgan fingerprint density at radius 3 is 2.83 bits per heavy atom. The highest BCUT2D eigenvalue weighted by Crippen LogP contribution is 2.43. The van der Waals surface area contributed by atoms with Crippen molar-refractivity contribution in [1.82, 2.24) is 25.2 Å². The fourth-order valence-corrected chi connectivity index (χ4v) is 8.37. The number of fused-ring (bicyclic) bond motifs is 5. The molecule has 2 aromatic carbocycles. The van der Waals surface area contributed by atoms with Gasteiger partial charge in [0.05, 0.1) is 10.9 Å². The van der Waals surface area contributed by atoms with E-state index >= 15 is 4.39 Å². The minimum Gasteiger partial charge on any atom is -0.508 e. The number of nitrogens with zero attached hydrogens (tertiary/aromatic N) is 5. The van der Waals surface area contributed by atoms with Crippen molar-refractivity contribution in [2.75, 3.05) is 37.7 Å². The van der Waals surface area contributed by atoms with Crippen LogP contribution < -0.4 is 15.0 Å². The Morgan fingerprint density at radius 1 is 1.22 bits per heavy atom. The van der Waals surface area contributed by atoms with Crippen LogP contribution in [-0.2, 0) is 0 Å². The number of benzene rings is 2. The van der Waals surface area contributed by atoms with E-state index in [2.05, 4.69) is 45.9 Å². The third-order valence-corrected chi connectivity index (χ3v) is 10.3. The van der Waals surface area contributed by atoms with Gasteiger partial charge in [-0.1, -0.05) is 43.5 Å². The first kappa shape index (κ1) is 29.2. The number of pyridine rings is 1. The predicted octanol–water partition coefficient (Wildman–Crippen LogP) is 5.81. The molecule has 4 saturated heterocycles. The number of phenolic OH excluding ortho intramolecular Hbond substituents is 1. The van der Waals surface area contributed by atoms with Crippen LogP contribution in [0, 0.1) is 24.1 Å². The molecular weight excluding hydrogens is 579 g/mol. The van der Waals surface area contributed by atoms with Crippen molar-refractivity contribution in [3.63, 3.8) is 0 Å². The molecule has 4 aromatic rings. The van der Waals surface area contributed by atoms with E-state index in [0.29, 0.717) is 57.7 Å². The maximum absolute atomic E-state index is 16.9. The molecule has 236 valence electrons. The average molecular weight is 619 g/mol. The number of phenols is 1. The maximum atomic E-state index is 16.9. The molecule has 4 aliphatic rings. The van der Waals surface area contributed by atoms with E-state index in [1.165, 1.54) is 11.6 Å². The van der Waals surface area contributed by atoms with Crippen LogP contribution in [0.25, 0.3) is 32.9 Å². The standard InChI is InChI=1S/C37H39FN6O2/c1-4-24-7-5-8-25-14-28(45)15-29(31(24)25)33-32(38)34-30(17-39-33)35(43-19-26-9-10-27(20-43)40-26)42-36(41-34)46-21-37-11-6-12-44(37)18-23(16-37)13-22(2)3/h1,5,7-8,13-15,17,22,26-27,40,45H,6,9-12,16,18-21H2,2-3H3/t26-,27+,37?. The van der Waals surface area contributed by atoms with Gasteiger partial charge in [-0.05, 0) is 68.2 Å². The third-order valence-electron chi connectivity index (χ3n) is 10.3. The molecule has 8 nitrogen and oxygen atoms in total. The van der Waals surface area contributed by atoms with E-state index in [0.717, 1.165) is 58.3 Å². The van der Waals surface area contributed by atoms with Crippen molar-refractivity contribution in [2.45, 2.75) is 63.6 Å². The number of piperazine rings is 1. The fourth-order valence-electron chi connectivity index (χ4n) is 8.37. The number of hydrogen-bond donors (Lipinski definition) is 2. The normalized spacial score (nSPS) is 25.2. The smallest absolute Gasteiger partial charge is 0.319 e. The minimum atomic E-state index is -0.591. The van der Waals surface area contributed by atoms with Crippen molar-refractivity contribution < 1.29 is 14.2 Å². The number of nitrogens with one attached hydrogen (secondary N) is 1. The Morgan fingerprint density at radius 2 is 2.04 bits per heavy atom.